The maximum atomic E-state index is 12.1. The average Bonchev–Trinajstić information content (AvgIpc) is 3.07. The standard InChI is InChI=1S/C27H48N2O/c1-18(17-19(25(29)30)7-6-16-28)22-11-12-23-21-10-9-20-8-4-5-14-26(20,2)24(21)13-15-27(22,23)3/h18-24H,4-17,28H2,1-3H3,(H2,29,30)/t18-,19?,20+,21+,22-,23+,24+,26+,27-/m1/s1. The van der Waals surface area contributed by atoms with Crippen molar-refractivity contribution in [3.8, 4) is 0 Å². The fourth-order valence-corrected chi connectivity index (χ4v) is 9.62. The van der Waals surface area contributed by atoms with Crippen LogP contribution in [0, 0.1) is 52.3 Å². The van der Waals surface area contributed by atoms with Crippen molar-refractivity contribution in [2.45, 2.75) is 104 Å². The molecule has 4 aliphatic carbocycles. The minimum Gasteiger partial charge on any atom is -0.369 e. The normalized spacial score (nSPS) is 45.1. The molecule has 0 aliphatic heterocycles. The Morgan fingerprint density at radius 1 is 0.967 bits per heavy atom. The van der Waals surface area contributed by atoms with Crippen molar-refractivity contribution in [3.05, 3.63) is 0 Å². The summed E-state index contributed by atoms with van der Waals surface area (Å²) in [4.78, 5) is 12.1. The number of nitrogens with two attached hydrogens (primary N) is 2. The Morgan fingerprint density at radius 2 is 1.73 bits per heavy atom. The Labute approximate surface area is 185 Å². The zero-order valence-corrected chi connectivity index (χ0v) is 20.0. The van der Waals surface area contributed by atoms with Crippen LogP contribution in [-0.2, 0) is 4.79 Å². The van der Waals surface area contributed by atoms with Crippen LogP contribution in [0.5, 0.6) is 0 Å². The number of carbonyl (C=O) groups excluding carboxylic acids is 1. The fourth-order valence-electron chi connectivity index (χ4n) is 9.62. The Kier molecular flexibility index (Phi) is 6.60. The molecule has 9 atom stereocenters. The number of hydrogen-bond acceptors (Lipinski definition) is 2. The lowest BCUT2D eigenvalue weighted by molar-refractivity contribution is -0.124. The molecule has 3 heteroatoms. The molecule has 1 unspecified atom stereocenters. The second-order valence-corrected chi connectivity index (χ2v) is 12.4. The molecule has 0 aromatic rings. The van der Waals surface area contributed by atoms with E-state index in [-0.39, 0.29) is 11.8 Å². The predicted octanol–water partition coefficient (Wildman–Crippen LogP) is 5.90. The quantitative estimate of drug-likeness (QED) is 0.542. The number of primary amides is 1. The lowest BCUT2D eigenvalue weighted by Gasteiger charge is -2.61. The lowest BCUT2D eigenvalue weighted by atomic mass is 9.44. The van der Waals surface area contributed by atoms with Gasteiger partial charge in [-0.05, 0) is 124 Å². The van der Waals surface area contributed by atoms with Crippen molar-refractivity contribution in [1.82, 2.24) is 0 Å². The molecule has 4 fully saturated rings. The van der Waals surface area contributed by atoms with Gasteiger partial charge in [0.25, 0.3) is 0 Å². The molecular formula is C27H48N2O. The van der Waals surface area contributed by atoms with E-state index in [4.69, 9.17) is 11.5 Å². The van der Waals surface area contributed by atoms with E-state index in [1.54, 1.807) is 0 Å². The summed E-state index contributed by atoms with van der Waals surface area (Å²) in [6.45, 7) is 8.39. The van der Waals surface area contributed by atoms with Crippen molar-refractivity contribution in [2.75, 3.05) is 6.54 Å². The zero-order valence-electron chi connectivity index (χ0n) is 20.0. The van der Waals surface area contributed by atoms with Crippen LogP contribution < -0.4 is 11.5 Å². The third kappa shape index (κ3) is 3.76. The summed E-state index contributed by atoms with van der Waals surface area (Å²) in [5.74, 6) is 5.12. The number of hydrogen-bond donors (Lipinski definition) is 2. The van der Waals surface area contributed by atoms with Gasteiger partial charge in [0.15, 0.2) is 0 Å². The average molecular weight is 417 g/mol. The molecule has 0 saturated heterocycles. The maximum absolute atomic E-state index is 12.1. The topological polar surface area (TPSA) is 69.1 Å². The Hall–Kier alpha value is -0.570. The van der Waals surface area contributed by atoms with Crippen molar-refractivity contribution in [3.63, 3.8) is 0 Å². The molecule has 4 N–H and O–H groups in total. The highest BCUT2D eigenvalue weighted by atomic mass is 16.1. The van der Waals surface area contributed by atoms with E-state index in [2.05, 4.69) is 20.8 Å². The summed E-state index contributed by atoms with van der Waals surface area (Å²) in [6, 6.07) is 0. The number of fused-ring (bicyclic) bond motifs is 5. The largest absolute Gasteiger partial charge is 0.369 e. The Morgan fingerprint density at radius 3 is 2.47 bits per heavy atom. The van der Waals surface area contributed by atoms with Crippen LogP contribution in [0.2, 0.25) is 0 Å². The molecule has 0 aromatic heterocycles. The van der Waals surface area contributed by atoms with Gasteiger partial charge in [0.2, 0.25) is 5.91 Å². The van der Waals surface area contributed by atoms with Crippen molar-refractivity contribution >= 4 is 5.91 Å². The summed E-state index contributed by atoms with van der Waals surface area (Å²) < 4.78 is 0. The van der Waals surface area contributed by atoms with Crippen LogP contribution in [-0.4, -0.2) is 12.5 Å². The van der Waals surface area contributed by atoms with E-state index in [9.17, 15) is 4.79 Å². The van der Waals surface area contributed by atoms with Gasteiger partial charge >= 0.3 is 0 Å². The van der Waals surface area contributed by atoms with Gasteiger partial charge in [-0.15, -0.1) is 0 Å². The summed E-state index contributed by atoms with van der Waals surface area (Å²) in [7, 11) is 0. The van der Waals surface area contributed by atoms with E-state index in [1.807, 2.05) is 0 Å². The molecule has 0 radical (unpaired) electrons. The first-order chi connectivity index (χ1) is 14.3. The molecule has 0 heterocycles. The summed E-state index contributed by atoms with van der Waals surface area (Å²) in [6.07, 6.45) is 17.3. The summed E-state index contributed by atoms with van der Waals surface area (Å²) >= 11 is 0. The third-order valence-corrected chi connectivity index (χ3v) is 11.2. The van der Waals surface area contributed by atoms with Gasteiger partial charge in [-0.25, -0.2) is 0 Å². The van der Waals surface area contributed by atoms with E-state index >= 15 is 0 Å². The van der Waals surface area contributed by atoms with Crippen LogP contribution in [0.3, 0.4) is 0 Å². The van der Waals surface area contributed by atoms with Crippen molar-refractivity contribution < 1.29 is 4.79 Å². The van der Waals surface area contributed by atoms with Gasteiger partial charge in [-0.1, -0.05) is 33.6 Å². The van der Waals surface area contributed by atoms with Gasteiger partial charge in [0.05, 0.1) is 0 Å². The first-order valence-corrected chi connectivity index (χ1v) is 13.3. The summed E-state index contributed by atoms with van der Waals surface area (Å²) in [5.41, 5.74) is 12.6. The fraction of sp³-hybridized carbons (Fsp3) is 0.963. The third-order valence-electron chi connectivity index (χ3n) is 11.2. The SMILES string of the molecule is C[C@H](CC(CCCN)C(N)=O)[C@H]1CC[C@H]2[C@@H]3CC[C@@H]4CCCC[C@]4(C)[C@H]3CC[C@]12C. The zero-order chi connectivity index (χ0) is 21.5. The van der Waals surface area contributed by atoms with Crippen LogP contribution in [0.4, 0.5) is 0 Å². The molecule has 0 bridgehead atoms. The smallest absolute Gasteiger partial charge is 0.220 e. The van der Waals surface area contributed by atoms with Gasteiger partial charge in [-0.3, -0.25) is 4.79 Å². The van der Waals surface area contributed by atoms with E-state index in [0.29, 0.717) is 23.3 Å². The van der Waals surface area contributed by atoms with Crippen LogP contribution >= 0.6 is 0 Å². The molecule has 4 aliphatic rings. The molecule has 4 saturated carbocycles. The highest BCUT2D eigenvalue weighted by Gasteiger charge is 2.60. The van der Waals surface area contributed by atoms with E-state index in [1.165, 1.54) is 64.2 Å². The minimum atomic E-state index is -0.109. The summed E-state index contributed by atoms with van der Waals surface area (Å²) in [5, 5.41) is 0. The highest BCUT2D eigenvalue weighted by Crippen LogP contribution is 2.68. The first-order valence-electron chi connectivity index (χ1n) is 13.3. The highest BCUT2D eigenvalue weighted by molar-refractivity contribution is 5.76. The molecule has 172 valence electrons. The lowest BCUT2D eigenvalue weighted by Crippen LogP contribution is -2.53. The Balaban J connectivity index is 1.47. The van der Waals surface area contributed by atoms with Crippen molar-refractivity contribution in [2.24, 2.45) is 63.7 Å². The second kappa shape index (κ2) is 8.75. The Bertz CT molecular complexity index is 620. The number of amides is 1. The van der Waals surface area contributed by atoms with Crippen LogP contribution in [0.1, 0.15) is 104 Å². The molecule has 0 aromatic carbocycles. The van der Waals surface area contributed by atoms with E-state index in [0.717, 1.165) is 48.9 Å². The van der Waals surface area contributed by atoms with Gasteiger partial charge in [0.1, 0.15) is 0 Å². The second-order valence-electron chi connectivity index (χ2n) is 12.4. The number of rotatable bonds is 7. The van der Waals surface area contributed by atoms with Crippen LogP contribution in [0.15, 0.2) is 0 Å². The molecule has 3 nitrogen and oxygen atoms in total. The van der Waals surface area contributed by atoms with Gasteiger partial charge in [-0.2, -0.15) is 0 Å². The minimum absolute atomic E-state index is 0.0131. The van der Waals surface area contributed by atoms with Crippen LogP contribution in [0.25, 0.3) is 0 Å². The predicted molar refractivity (Wildman–Crippen MR) is 125 cm³/mol. The molecular weight excluding hydrogens is 368 g/mol. The maximum Gasteiger partial charge on any atom is 0.220 e. The van der Waals surface area contributed by atoms with Crippen molar-refractivity contribution in [1.29, 1.82) is 0 Å². The van der Waals surface area contributed by atoms with E-state index < -0.39 is 0 Å². The molecule has 4 rings (SSSR count). The van der Waals surface area contributed by atoms with Gasteiger partial charge in [0, 0.05) is 5.92 Å². The number of carbonyl (C=O) groups is 1. The molecule has 30 heavy (non-hydrogen) atoms. The molecule has 1 amide bonds. The monoisotopic (exact) mass is 416 g/mol. The van der Waals surface area contributed by atoms with Gasteiger partial charge < -0.3 is 11.5 Å². The first kappa shape index (κ1) is 22.6. The molecule has 0 spiro atoms.